The third-order valence-corrected chi connectivity index (χ3v) is 3.49. The van der Waals surface area contributed by atoms with Crippen LogP contribution in [0, 0.1) is 5.92 Å². The minimum absolute atomic E-state index is 0.0567. The molecule has 1 saturated heterocycles. The second kappa shape index (κ2) is 5.91. The van der Waals surface area contributed by atoms with Gasteiger partial charge in [0.15, 0.2) is 0 Å². The maximum Gasteiger partial charge on any atom is 0.264 e. The quantitative estimate of drug-likeness (QED) is 0.811. The first kappa shape index (κ1) is 11.5. The fourth-order valence-electron chi connectivity index (χ4n) is 1.91. The zero-order valence-electron chi connectivity index (χ0n) is 9.11. The van der Waals surface area contributed by atoms with Gasteiger partial charge in [-0.25, -0.2) is 0 Å². The molecule has 0 bridgehead atoms. The molecule has 88 valence electrons. The van der Waals surface area contributed by atoms with Gasteiger partial charge in [-0.3, -0.25) is 4.79 Å². The molecule has 1 aliphatic heterocycles. The highest BCUT2D eigenvalue weighted by molar-refractivity contribution is 7.07. The number of carbonyl (C=O) groups excluding carboxylic acids is 1. The number of rotatable bonds is 4. The fraction of sp³-hybridized carbons (Fsp3) is 0.700. The number of hydrogen-bond acceptors (Lipinski definition) is 5. The van der Waals surface area contributed by atoms with E-state index in [0.717, 1.165) is 37.6 Å². The third kappa shape index (κ3) is 3.24. The summed E-state index contributed by atoms with van der Waals surface area (Å²) in [7, 11) is 0. The molecule has 16 heavy (non-hydrogen) atoms. The zero-order valence-corrected chi connectivity index (χ0v) is 9.92. The summed E-state index contributed by atoms with van der Waals surface area (Å²) in [4.78, 5) is 12.1. The van der Waals surface area contributed by atoms with Crippen LogP contribution in [0.1, 0.15) is 28.9 Å². The van der Waals surface area contributed by atoms with Gasteiger partial charge in [-0.2, -0.15) is 0 Å². The standard InChI is InChI=1S/C10H16N4OS/c15-10(9-7-13-14-16-9)12-5-3-8-2-1-4-11-6-8/h7-8,11H,1-6H2,(H,12,15). The molecule has 0 spiro atoms. The predicted molar refractivity (Wildman–Crippen MR) is 62.5 cm³/mol. The van der Waals surface area contributed by atoms with Gasteiger partial charge in [0.2, 0.25) is 0 Å². The molecule has 1 unspecified atom stereocenters. The highest BCUT2D eigenvalue weighted by Gasteiger charge is 2.13. The maximum atomic E-state index is 11.6. The van der Waals surface area contributed by atoms with Crippen LogP contribution < -0.4 is 10.6 Å². The summed E-state index contributed by atoms with van der Waals surface area (Å²) in [5.74, 6) is 0.646. The molecule has 1 aliphatic rings. The van der Waals surface area contributed by atoms with E-state index in [2.05, 4.69) is 20.2 Å². The number of amides is 1. The molecule has 2 heterocycles. The molecule has 0 saturated carbocycles. The van der Waals surface area contributed by atoms with Crippen molar-refractivity contribution < 1.29 is 4.79 Å². The maximum absolute atomic E-state index is 11.6. The van der Waals surface area contributed by atoms with Gasteiger partial charge in [0.05, 0.1) is 6.20 Å². The first-order chi connectivity index (χ1) is 7.86. The minimum atomic E-state index is -0.0567. The van der Waals surface area contributed by atoms with Crippen molar-refractivity contribution in [2.75, 3.05) is 19.6 Å². The molecule has 6 heteroatoms. The molecule has 2 rings (SSSR count). The summed E-state index contributed by atoms with van der Waals surface area (Å²) in [5, 5.41) is 9.90. The van der Waals surface area contributed by atoms with Crippen LogP contribution in [0.3, 0.4) is 0 Å². The molecular formula is C10H16N4OS. The van der Waals surface area contributed by atoms with Crippen LogP contribution in [-0.2, 0) is 0 Å². The second-order valence-corrected chi connectivity index (χ2v) is 4.82. The number of aromatic nitrogens is 2. The Morgan fingerprint density at radius 3 is 3.31 bits per heavy atom. The Balaban J connectivity index is 1.66. The van der Waals surface area contributed by atoms with Crippen molar-refractivity contribution >= 4 is 17.4 Å². The van der Waals surface area contributed by atoms with Crippen molar-refractivity contribution in [3.05, 3.63) is 11.1 Å². The van der Waals surface area contributed by atoms with Gasteiger partial charge in [-0.1, -0.05) is 4.49 Å². The Morgan fingerprint density at radius 2 is 2.62 bits per heavy atom. The van der Waals surface area contributed by atoms with Crippen LogP contribution in [0.25, 0.3) is 0 Å². The Labute approximate surface area is 98.8 Å². The van der Waals surface area contributed by atoms with E-state index < -0.39 is 0 Å². The second-order valence-electron chi connectivity index (χ2n) is 4.04. The highest BCUT2D eigenvalue weighted by Crippen LogP contribution is 2.13. The number of hydrogen-bond donors (Lipinski definition) is 2. The van der Waals surface area contributed by atoms with Gasteiger partial charge in [-0.15, -0.1) is 5.10 Å². The van der Waals surface area contributed by atoms with Crippen LogP contribution in [0.4, 0.5) is 0 Å². The molecule has 0 radical (unpaired) electrons. The van der Waals surface area contributed by atoms with Crippen molar-refractivity contribution in [2.24, 2.45) is 5.92 Å². The van der Waals surface area contributed by atoms with Crippen molar-refractivity contribution in [1.29, 1.82) is 0 Å². The normalized spacial score (nSPS) is 20.6. The molecule has 1 atom stereocenters. The topological polar surface area (TPSA) is 66.9 Å². The molecule has 1 fully saturated rings. The van der Waals surface area contributed by atoms with E-state index in [1.807, 2.05) is 0 Å². The van der Waals surface area contributed by atoms with E-state index in [9.17, 15) is 4.79 Å². The zero-order chi connectivity index (χ0) is 11.2. The van der Waals surface area contributed by atoms with Gasteiger partial charge in [-0.05, 0) is 49.8 Å². The Hall–Kier alpha value is -1.01. The lowest BCUT2D eigenvalue weighted by Gasteiger charge is -2.22. The van der Waals surface area contributed by atoms with Gasteiger partial charge in [0, 0.05) is 6.54 Å². The average Bonchev–Trinajstić information content (AvgIpc) is 2.84. The van der Waals surface area contributed by atoms with E-state index in [1.54, 1.807) is 0 Å². The van der Waals surface area contributed by atoms with Crippen LogP contribution in [0.5, 0.6) is 0 Å². The van der Waals surface area contributed by atoms with E-state index in [1.165, 1.54) is 19.0 Å². The van der Waals surface area contributed by atoms with E-state index in [4.69, 9.17) is 0 Å². The lowest BCUT2D eigenvalue weighted by Crippen LogP contribution is -2.33. The van der Waals surface area contributed by atoms with E-state index in [-0.39, 0.29) is 5.91 Å². The summed E-state index contributed by atoms with van der Waals surface area (Å²) in [6.07, 6.45) is 5.06. The molecular weight excluding hydrogens is 224 g/mol. The lowest BCUT2D eigenvalue weighted by atomic mass is 9.96. The van der Waals surface area contributed by atoms with E-state index >= 15 is 0 Å². The van der Waals surface area contributed by atoms with Gasteiger partial charge < -0.3 is 10.6 Å². The van der Waals surface area contributed by atoms with E-state index in [0.29, 0.717) is 10.8 Å². The van der Waals surface area contributed by atoms with Gasteiger partial charge in [0.1, 0.15) is 4.88 Å². The number of carbonyl (C=O) groups is 1. The van der Waals surface area contributed by atoms with Crippen molar-refractivity contribution in [3.63, 3.8) is 0 Å². The predicted octanol–water partition coefficient (Wildman–Crippen LogP) is 0.658. The van der Waals surface area contributed by atoms with Gasteiger partial charge in [0.25, 0.3) is 5.91 Å². The molecule has 1 aromatic rings. The number of piperidine rings is 1. The van der Waals surface area contributed by atoms with Crippen LogP contribution in [-0.4, -0.2) is 35.1 Å². The minimum Gasteiger partial charge on any atom is -0.351 e. The largest absolute Gasteiger partial charge is 0.351 e. The van der Waals surface area contributed by atoms with Crippen LogP contribution in [0.15, 0.2) is 6.20 Å². The van der Waals surface area contributed by atoms with Gasteiger partial charge >= 0.3 is 0 Å². The first-order valence-electron chi connectivity index (χ1n) is 5.62. The Kier molecular flexibility index (Phi) is 4.24. The highest BCUT2D eigenvalue weighted by atomic mass is 32.1. The molecule has 5 nitrogen and oxygen atoms in total. The molecule has 1 aromatic heterocycles. The van der Waals surface area contributed by atoms with Crippen molar-refractivity contribution in [3.8, 4) is 0 Å². The lowest BCUT2D eigenvalue weighted by molar-refractivity contribution is 0.0954. The summed E-state index contributed by atoms with van der Waals surface area (Å²) < 4.78 is 3.66. The number of nitrogens with one attached hydrogen (secondary N) is 2. The van der Waals surface area contributed by atoms with Crippen LogP contribution >= 0.6 is 11.5 Å². The first-order valence-corrected chi connectivity index (χ1v) is 6.40. The Bertz CT molecular complexity index is 322. The smallest absolute Gasteiger partial charge is 0.264 e. The summed E-state index contributed by atoms with van der Waals surface area (Å²) in [5.41, 5.74) is 0. The number of nitrogens with zero attached hydrogens (tertiary/aromatic N) is 2. The fourth-order valence-corrected chi connectivity index (χ4v) is 2.35. The average molecular weight is 240 g/mol. The molecule has 1 amide bonds. The summed E-state index contributed by atoms with van der Waals surface area (Å²) in [6, 6.07) is 0. The van der Waals surface area contributed by atoms with Crippen LogP contribution in [0.2, 0.25) is 0 Å². The molecule has 0 aromatic carbocycles. The summed E-state index contributed by atoms with van der Waals surface area (Å²) >= 11 is 1.13. The Morgan fingerprint density at radius 1 is 1.69 bits per heavy atom. The van der Waals surface area contributed by atoms with Crippen molar-refractivity contribution in [1.82, 2.24) is 20.2 Å². The van der Waals surface area contributed by atoms with Crippen molar-refractivity contribution in [2.45, 2.75) is 19.3 Å². The molecule has 0 aliphatic carbocycles. The third-order valence-electron chi connectivity index (χ3n) is 2.82. The summed E-state index contributed by atoms with van der Waals surface area (Å²) in [6.45, 7) is 2.95. The SMILES string of the molecule is O=C(NCCC1CCCNC1)c1cnns1. The monoisotopic (exact) mass is 240 g/mol. The molecule has 2 N–H and O–H groups in total.